The van der Waals surface area contributed by atoms with Gasteiger partial charge < -0.3 is 11.1 Å². The van der Waals surface area contributed by atoms with Gasteiger partial charge in [0.05, 0.1) is 3.57 Å². The maximum absolute atomic E-state index is 11.8. The third kappa shape index (κ3) is 3.86. The van der Waals surface area contributed by atoms with E-state index in [0.29, 0.717) is 3.57 Å². The fraction of sp³-hybridized carbons (Fsp3) is 0.333. The number of nitrogens with two attached hydrogens (primary N) is 1. The number of rotatable bonds is 2. The lowest BCUT2D eigenvalue weighted by molar-refractivity contribution is -0.115. The van der Waals surface area contributed by atoms with Gasteiger partial charge in [0.1, 0.15) is 17.5 Å². The summed E-state index contributed by atoms with van der Waals surface area (Å²) in [4.78, 5) is 7.19. The first kappa shape index (κ1) is 12.6. The van der Waals surface area contributed by atoms with Crippen molar-refractivity contribution in [1.82, 2.24) is 9.97 Å². The summed E-state index contributed by atoms with van der Waals surface area (Å²) in [6, 6.07) is 0. The fourth-order valence-electron chi connectivity index (χ4n) is 0.694. The quantitative estimate of drug-likeness (QED) is 0.633. The summed E-state index contributed by atoms with van der Waals surface area (Å²) in [7, 11) is 0. The van der Waals surface area contributed by atoms with E-state index in [-0.39, 0.29) is 16.9 Å². The molecule has 3 N–H and O–H groups in total. The molecule has 0 amide bonds. The molecule has 0 saturated carbocycles. The monoisotopic (exact) mass is 352 g/mol. The summed E-state index contributed by atoms with van der Waals surface area (Å²) in [6.45, 7) is -1.23. The highest BCUT2D eigenvalue weighted by atomic mass is 127. The number of hydrogen-bond donors (Lipinski definition) is 2. The van der Waals surface area contributed by atoms with Crippen LogP contribution < -0.4 is 11.1 Å². The van der Waals surface area contributed by atoms with Crippen LogP contribution in [0.1, 0.15) is 0 Å². The van der Waals surface area contributed by atoms with Crippen LogP contribution in [0.2, 0.25) is 5.15 Å². The van der Waals surface area contributed by atoms with E-state index < -0.39 is 12.7 Å². The minimum absolute atomic E-state index is 0.0211. The van der Waals surface area contributed by atoms with E-state index in [9.17, 15) is 13.2 Å². The third-order valence-electron chi connectivity index (χ3n) is 1.28. The predicted molar refractivity (Wildman–Crippen MR) is 58.7 cm³/mol. The van der Waals surface area contributed by atoms with Crippen LogP contribution in [0.25, 0.3) is 0 Å². The summed E-state index contributed by atoms with van der Waals surface area (Å²) < 4.78 is 35.9. The highest BCUT2D eigenvalue weighted by molar-refractivity contribution is 14.1. The molecule has 0 spiro atoms. The van der Waals surface area contributed by atoms with Crippen molar-refractivity contribution < 1.29 is 13.2 Å². The second kappa shape index (κ2) is 4.56. The van der Waals surface area contributed by atoms with Crippen molar-refractivity contribution in [2.45, 2.75) is 6.18 Å². The maximum Gasteiger partial charge on any atom is 0.405 e. The SMILES string of the molecule is Nc1nc(NCC(F)(F)F)nc(Cl)c1I. The van der Waals surface area contributed by atoms with E-state index in [0.717, 1.165) is 0 Å². The molecule has 0 aliphatic carbocycles. The van der Waals surface area contributed by atoms with Crippen LogP contribution in [0, 0.1) is 3.57 Å². The van der Waals surface area contributed by atoms with Crippen LogP contribution >= 0.6 is 34.2 Å². The highest BCUT2D eigenvalue weighted by Gasteiger charge is 2.27. The second-order valence-corrected chi connectivity index (χ2v) is 3.94. The van der Waals surface area contributed by atoms with Gasteiger partial charge >= 0.3 is 6.18 Å². The van der Waals surface area contributed by atoms with E-state index in [2.05, 4.69) is 9.97 Å². The standard InChI is InChI=1S/C6H5ClF3IN4/c7-3-2(11)4(12)15-5(14-3)13-1-6(8,9)10/h1H2,(H3,12,13,14,15). The van der Waals surface area contributed by atoms with Crippen molar-refractivity contribution in [2.75, 3.05) is 17.6 Å². The van der Waals surface area contributed by atoms with Crippen LogP contribution in [0.15, 0.2) is 0 Å². The average molecular weight is 352 g/mol. The summed E-state index contributed by atoms with van der Waals surface area (Å²) in [5.74, 6) is -0.199. The number of hydrogen-bond acceptors (Lipinski definition) is 4. The van der Waals surface area contributed by atoms with Crippen molar-refractivity contribution in [3.05, 3.63) is 8.72 Å². The fourth-order valence-corrected chi connectivity index (χ4v) is 1.11. The van der Waals surface area contributed by atoms with Crippen LogP contribution in [0.3, 0.4) is 0 Å². The smallest absolute Gasteiger partial charge is 0.383 e. The van der Waals surface area contributed by atoms with E-state index in [1.54, 1.807) is 22.6 Å². The van der Waals surface area contributed by atoms with Gasteiger partial charge in [-0.1, -0.05) is 11.6 Å². The molecule has 1 aromatic rings. The molecule has 84 valence electrons. The van der Waals surface area contributed by atoms with Crippen LogP contribution in [-0.2, 0) is 0 Å². The Hall–Kier alpha value is -0.510. The van der Waals surface area contributed by atoms with Crippen molar-refractivity contribution in [3.8, 4) is 0 Å². The van der Waals surface area contributed by atoms with Gasteiger partial charge in [0.15, 0.2) is 0 Å². The van der Waals surface area contributed by atoms with E-state index in [4.69, 9.17) is 17.3 Å². The first-order valence-corrected chi connectivity index (χ1v) is 5.04. The summed E-state index contributed by atoms with van der Waals surface area (Å²) >= 11 is 7.41. The molecular formula is C6H5ClF3IN4. The first-order chi connectivity index (χ1) is 6.79. The predicted octanol–water partition coefficient (Wildman–Crippen LogP) is 2.29. The van der Waals surface area contributed by atoms with Gasteiger partial charge in [0, 0.05) is 0 Å². The Morgan fingerprint density at radius 2 is 2.00 bits per heavy atom. The third-order valence-corrected chi connectivity index (χ3v) is 2.94. The topological polar surface area (TPSA) is 63.8 Å². The molecule has 15 heavy (non-hydrogen) atoms. The Balaban J connectivity index is 2.80. The molecular weight excluding hydrogens is 347 g/mol. The van der Waals surface area contributed by atoms with Crippen LogP contribution in [0.4, 0.5) is 24.9 Å². The molecule has 1 rings (SSSR count). The van der Waals surface area contributed by atoms with Gasteiger partial charge in [-0.25, -0.2) is 0 Å². The van der Waals surface area contributed by atoms with Crippen molar-refractivity contribution >= 4 is 46.0 Å². The summed E-state index contributed by atoms with van der Waals surface area (Å²) in [5, 5.41) is 2.00. The largest absolute Gasteiger partial charge is 0.405 e. The van der Waals surface area contributed by atoms with Gasteiger partial charge in [-0.3, -0.25) is 0 Å². The second-order valence-electron chi connectivity index (χ2n) is 2.51. The molecule has 0 aliphatic heterocycles. The lowest BCUT2D eigenvalue weighted by Crippen LogP contribution is -2.22. The molecule has 0 atom stereocenters. The van der Waals surface area contributed by atoms with Crippen LogP contribution in [0.5, 0.6) is 0 Å². The van der Waals surface area contributed by atoms with Gasteiger partial charge in [-0.05, 0) is 22.6 Å². The van der Waals surface area contributed by atoms with Gasteiger partial charge in [0.25, 0.3) is 0 Å². The molecule has 0 fully saturated rings. The van der Waals surface area contributed by atoms with Gasteiger partial charge in [-0.15, -0.1) is 0 Å². The molecule has 1 heterocycles. The lowest BCUT2D eigenvalue weighted by atomic mass is 10.6. The Kier molecular flexibility index (Phi) is 3.82. The number of aromatic nitrogens is 2. The number of nitrogen functional groups attached to an aromatic ring is 1. The molecule has 9 heteroatoms. The maximum atomic E-state index is 11.8. The Labute approximate surface area is 102 Å². The minimum atomic E-state index is -4.34. The lowest BCUT2D eigenvalue weighted by Gasteiger charge is -2.09. The van der Waals surface area contributed by atoms with Crippen molar-refractivity contribution in [3.63, 3.8) is 0 Å². The van der Waals surface area contributed by atoms with Gasteiger partial charge in [-0.2, -0.15) is 23.1 Å². The number of alkyl halides is 3. The van der Waals surface area contributed by atoms with E-state index in [1.165, 1.54) is 0 Å². The zero-order chi connectivity index (χ0) is 11.6. The van der Waals surface area contributed by atoms with Crippen molar-refractivity contribution in [1.29, 1.82) is 0 Å². The molecule has 0 unspecified atom stereocenters. The zero-order valence-electron chi connectivity index (χ0n) is 7.07. The highest BCUT2D eigenvalue weighted by Crippen LogP contribution is 2.23. The number of halogens is 5. The zero-order valence-corrected chi connectivity index (χ0v) is 9.98. The number of anilines is 2. The van der Waals surface area contributed by atoms with Crippen LogP contribution in [-0.4, -0.2) is 22.7 Å². The Morgan fingerprint density at radius 3 is 2.47 bits per heavy atom. The first-order valence-electron chi connectivity index (χ1n) is 3.59. The van der Waals surface area contributed by atoms with E-state index >= 15 is 0 Å². The summed E-state index contributed by atoms with van der Waals surface area (Å²) in [5.41, 5.74) is 5.40. The molecule has 0 radical (unpaired) electrons. The molecule has 0 bridgehead atoms. The Morgan fingerprint density at radius 1 is 1.40 bits per heavy atom. The van der Waals surface area contributed by atoms with E-state index in [1.807, 2.05) is 5.32 Å². The molecule has 1 aromatic heterocycles. The minimum Gasteiger partial charge on any atom is -0.383 e. The number of nitrogens with one attached hydrogen (secondary N) is 1. The Bertz CT molecular complexity index is 347. The number of nitrogens with zero attached hydrogens (tertiary/aromatic N) is 2. The molecule has 0 aliphatic rings. The average Bonchev–Trinajstić information content (AvgIpc) is 2.09. The normalized spacial score (nSPS) is 11.5. The molecule has 0 saturated heterocycles. The van der Waals surface area contributed by atoms with Crippen molar-refractivity contribution in [2.24, 2.45) is 0 Å². The van der Waals surface area contributed by atoms with Gasteiger partial charge in [0.2, 0.25) is 5.95 Å². The molecule has 4 nitrogen and oxygen atoms in total. The molecule has 0 aromatic carbocycles. The summed E-state index contributed by atoms with van der Waals surface area (Å²) in [6.07, 6.45) is -4.34.